The van der Waals surface area contributed by atoms with Gasteiger partial charge in [0.05, 0.1) is 23.9 Å². The zero-order valence-electron chi connectivity index (χ0n) is 18.1. The Bertz CT molecular complexity index is 1000. The van der Waals surface area contributed by atoms with E-state index in [2.05, 4.69) is 37.4 Å². The summed E-state index contributed by atoms with van der Waals surface area (Å²) in [4.78, 5) is 17.5. The molecule has 29 heavy (non-hydrogen) atoms. The number of pyridine rings is 1. The van der Waals surface area contributed by atoms with Crippen LogP contribution < -0.4 is 5.32 Å². The summed E-state index contributed by atoms with van der Waals surface area (Å²) in [5.41, 5.74) is 7.30. The second-order valence-electron chi connectivity index (χ2n) is 7.89. The third-order valence-electron chi connectivity index (χ3n) is 5.15. The summed E-state index contributed by atoms with van der Waals surface area (Å²) < 4.78 is 7.58. The molecule has 1 amide bonds. The van der Waals surface area contributed by atoms with E-state index in [1.165, 1.54) is 11.1 Å². The van der Waals surface area contributed by atoms with E-state index in [0.717, 1.165) is 34.6 Å². The maximum Gasteiger partial charge on any atom is 0.226 e. The number of nitrogens with one attached hydrogen (secondary N) is 1. The molecule has 3 rings (SSSR count). The van der Waals surface area contributed by atoms with Gasteiger partial charge < -0.3 is 14.5 Å². The Kier molecular flexibility index (Phi) is 6.70. The van der Waals surface area contributed by atoms with Crippen LogP contribution in [0.15, 0.2) is 36.5 Å². The Balaban J connectivity index is 1.84. The maximum atomic E-state index is 12.6. The van der Waals surface area contributed by atoms with Crippen LogP contribution in [0.2, 0.25) is 0 Å². The Morgan fingerprint density at radius 2 is 1.93 bits per heavy atom. The van der Waals surface area contributed by atoms with E-state index >= 15 is 0 Å². The third-order valence-corrected chi connectivity index (χ3v) is 5.15. The lowest BCUT2D eigenvalue weighted by molar-refractivity contribution is -0.120. The van der Waals surface area contributed by atoms with Crippen molar-refractivity contribution < 1.29 is 9.53 Å². The predicted molar refractivity (Wildman–Crippen MR) is 117 cm³/mol. The fraction of sp³-hybridized carbons (Fsp3) is 0.417. The summed E-state index contributed by atoms with van der Waals surface area (Å²) in [5, 5.41) is 3.01. The SMILES string of the molecule is Cc1ccc(-c2nc3c(C)cccn3c2CC(=O)NCCCOC(C)C)cc1C. The first-order valence-corrected chi connectivity index (χ1v) is 10.3. The van der Waals surface area contributed by atoms with Gasteiger partial charge in [-0.25, -0.2) is 4.98 Å². The fourth-order valence-corrected chi connectivity index (χ4v) is 3.38. The molecule has 154 valence electrons. The minimum atomic E-state index is 0.00272. The van der Waals surface area contributed by atoms with Gasteiger partial charge in [0.25, 0.3) is 0 Å². The van der Waals surface area contributed by atoms with Gasteiger partial charge in [0.2, 0.25) is 5.91 Å². The number of hydrogen-bond donors (Lipinski definition) is 1. The molecule has 0 radical (unpaired) electrons. The molecule has 2 aromatic heterocycles. The Labute approximate surface area is 173 Å². The fourth-order valence-electron chi connectivity index (χ4n) is 3.38. The van der Waals surface area contributed by atoms with Crippen LogP contribution in [0.5, 0.6) is 0 Å². The molecule has 0 atom stereocenters. The summed E-state index contributed by atoms with van der Waals surface area (Å²) in [7, 11) is 0. The van der Waals surface area contributed by atoms with Crippen LogP contribution in [0, 0.1) is 20.8 Å². The van der Waals surface area contributed by atoms with E-state index in [1.807, 2.05) is 43.5 Å². The van der Waals surface area contributed by atoms with Crippen molar-refractivity contribution in [3.63, 3.8) is 0 Å². The summed E-state index contributed by atoms with van der Waals surface area (Å²) in [6.45, 7) is 11.5. The lowest BCUT2D eigenvalue weighted by atomic mass is 10.0. The summed E-state index contributed by atoms with van der Waals surface area (Å²) in [5.74, 6) is 0.00272. The Hall–Kier alpha value is -2.66. The van der Waals surface area contributed by atoms with Gasteiger partial charge in [-0.15, -0.1) is 0 Å². The number of amides is 1. The van der Waals surface area contributed by atoms with E-state index in [9.17, 15) is 4.79 Å². The van der Waals surface area contributed by atoms with E-state index in [4.69, 9.17) is 9.72 Å². The maximum absolute atomic E-state index is 12.6. The van der Waals surface area contributed by atoms with E-state index in [-0.39, 0.29) is 18.4 Å². The lowest BCUT2D eigenvalue weighted by Crippen LogP contribution is -2.27. The zero-order valence-corrected chi connectivity index (χ0v) is 18.1. The highest BCUT2D eigenvalue weighted by atomic mass is 16.5. The highest BCUT2D eigenvalue weighted by Gasteiger charge is 2.18. The summed E-state index contributed by atoms with van der Waals surface area (Å²) >= 11 is 0. The van der Waals surface area contributed by atoms with E-state index in [1.54, 1.807) is 0 Å². The minimum absolute atomic E-state index is 0.00272. The van der Waals surface area contributed by atoms with Crippen molar-refractivity contribution in [3.05, 3.63) is 58.9 Å². The van der Waals surface area contributed by atoms with Crippen LogP contribution in [0.4, 0.5) is 0 Å². The number of fused-ring (bicyclic) bond motifs is 1. The number of imidazole rings is 1. The van der Waals surface area contributed by atoms with Crippen LogP contribution in [-0.4, -0.2) is 34.5 Å². The second kappa shape index (κ2) is 9.23. The first-order chi connectivity index (χ1) is 13.9. The van der Waals surface area contributed by atoms with E-state index < -0.39 is 0 Å². The van der Waals surface area contributed by atoms with Gasteiger partial charge in [-0.3, -0.25) is 4.79 Å². The molecule has 3 aromatic rings. The van der Waals surface area contributed by atoms with Crippen LogP contribution in [0.25, 0.3) is 16.9 Å². The van der Waals surface area contributed by atoms with Gasteiger partial charge in [0.15, 0.2) is 0 Å². The smallest absolute Gasteiger partial charge is 0.226 e. The van der Waals surface area contributed by atoms with Crippen molar-refractivity contribution >= 4 is 11.6 Å². The Morgan fingerprint density at radius 1 is 1.14 bits per heavy atom. The minimum Gasteiger partial charge on any atom is -0.379 e. The average Bonchev–Trinajstić information content (AvgIpc) is 3.03. The predicted octanol–water partition coefficient (Wildman–Crippen LogP) is 4.40. The molecule has 0 bridgehead atoms. The summed E-state index contributed by atoms with van der Waals surface area (Å²) in [6, 6.07) is 10.4. The van der Waals surface area contributed by atoms with Gasteiger partial charge in [-0.05, 0) is 69.9 Å². The number of nitrogens with zero attached hydrogens (tertiary/aromatic N) is 2. The number of aromatic nitrogens is 2. The van der Waals surface area contributed by atoms with Crippen molar-refractivity contribution in [1.29, 1.82) is 0 Å². The van der Waals surface area contributed by atoms with Crippen molar-refractivity contribution in [2.75, 3.05) is 13.2 Å². The van der Waals surface area contributed by atoms with Crippen molar-refractivity contribution in [2.45, 2.75) is 53.6 Å². The number of hydrogen-bond acceptors (Lipinski definition) is 3. The number of rotatable bonds is 8. The first kappa shape index (κ1) is 21.1. The Morgan fingerprint density at radius 3 is 2.66 bits per heavy atom. The quantitative estimate of drug-likeness (QED) is 0.577. The van der Waals surface area contributed by atoms with Crippen LogP contribution in [0.1, 0.15) is 42.7 Å². The van der Waals surface area contributed by atoms with Gasteiger partial charge in [0, 0.05) is 24.9 Å². The van der Waals surface area contributed by atoms with Crippen LogP contribution in [0.3, 0.4) is 0 Å². The lowest BCUT2D eigenvalue weighted by Gasteiger charge is -2.10. The molecule has 0 aliphatic heterocycles. The molecule has 0 saturated heterocycles. The monoisotopic (exact) mass is 393 g/mol. The van der Waals surface area contributed by atoms with E-state index in [0.29, 0.717) is 13.2 Å². The number of carbonyl (C=O) groups excluding carboxylic acids is 1. The van der Waals surface area contributed by atoms with Gasteiger partial charge >= 0.3 is 0 Å². The van der Waals surface area contributed by atoms with Crippen molar-refractivity contribution in [2.24, 2.45) is 0 Å². The molecule has 0 fully saturated rings. The third kappa shape index (κ3) is 5.04. The molecule has 0 spiro atoms. The topological polar surface area (TPSA) is 55.6 Å². The van der Waals surface area contributed by atoms with Crippen molar-refractivity contribution in [1.82, 2.24) is 14.7 Å². The number of benzene rings is 1. The van der Waals surface area contributed by atoms with Gasteiger partial charge in [-0.1, -0.05) is 18.2 Å². The van der Waals surface area contributed by atoms with Crippen LogP contribution in [-0.2, 0) is 16.0 Å². The summed E-state index contributed by atoms with van der Waals surface area (Å²) in [6.07, 6.45) is 3.30. The van der Waals surface area contributed by atoms with Gasteiger partial charge in [0.1, 0.15) is 5.65 Å². The molecule has 0 aliphatic rings. The molecule has 0 aliphatic carbocycles. The molecule has 1 N–H and O–H groups in total. The number of carbonyl (C=O) groups is 1. The molecule has 0 saturated carbocycles. The average molecular weight is 394 g/mol. The molecule has 5 heteroatoms. The second-order valence-corrected chi connectivity index (χ2v) is 7.89. The van der Waals surface area contributed by atoms with Crippen LogP contribution >= 0.6 is 0 Å². The largest absolute Gasteiger partial charge is 0.379 e. The molecule has 5 nitrogen and oxygen atoms in total. The standard InChI is InChI=1S/C24H31N3O2/c1-16(2)29-13-7-11-25-22(28)15-21-23(20-10-9-17(3)19(5)14-20)26-24-18(4)8-6-12-27(21)24/h6,8-10,12,14,16H,7,11,13,15H2,1-5H3,(H,25,28). The van der Waals surface area contributed by atoms with Crippen molar-refractivity contribution in [3.8, 4) is 11.3 Å². The normalized spacial score (nSPS) is 11.4. The molecule has 1 aromatic carbocycles. The number of ether oxygens (including phenoxy) is 1. The molecule has 0 unspecified atom stereocenters. The number of aryl methyl sites for hydroxylation is 3. The zero-order chi connectivity index (χ0) is 21.0. The van der Waals surface area contributed by atoms with Gasteiger partial charge in [-0.2, -0.15) is 0 Å². The first-order valence-electron chi connectivity index (χ1n) is 10.3. The highest BCUT2D eigenvalue weighted by Crippen LogP contribution is 2.27. The molecular weight excluding hydrogens is 362 g/mol. The highest BCUT2D eigenvalue weighted by molar-refractivity contribution is 5.82. The molecule has 2 heterocycles. The molecular formula is C24H31N3O2.